The molecule has 0 unspecified atom stereocenters. The van der Waals surface area contributed by atoms with E-state index in [1.807, 2.05) is 12.4 Å². The summed E-state index contributed by atoms with van der Waals surface area (Å²) in [4.78, 5) is 24.2. The molecule has 1 aromatic heterocycles. The van der Waals surface area contributed by atoms with Gasteiger partial charge in [0.05, 0.1) is 6.04 Å². The van der Waals surface area contributed by atoms with E-state index in [-0.39, 0.29) is 6.04 Å². The van der Waals surface area contributed by atoms with Crippen molar-refractivity contribution in [3.8, 4) is 0 Å². The van der Waals surface area contributed by atoms with E-state index in [0.29, 0.717) is 12.3 Å². The van der Waals surface area contributed by atoms with Crippen molar-refractivity contribution in [1.29, 1.82) is 0 Å². The Morgan fingerprint density at radius 2 is 1.76 bits per heavy atom. The molecule has 5 nitrogen and oxygen atoms in total. The van der Waals surface area contributed by atoms with Gasteiger partial charge < -0.3 is 14.7 Å². The van der Waals surface area contributed by atoms with Crippen LogP contribution in [-0.4, -0.2) is 71.4 Å². The molecule has 0 saturated carbocycles. The van der Waals surface area contributed by atoms with Gasteiger partial charge in [-0.15, -0.1) is 0 Å². The number of aromatic nitrogens is 1. The van der Waals surface area contributed by atoms with Gasteiger partial charge in [-0.25, -0.2) is 0 Å². The zero-order valence-electron chi connectivity index (χ0n) is 15.6. The van der Waals surface area contributed by atoms with E-state index in [4.69, 9.17) is 0 Å². The fourth-order valence-corrected chi connectivity index (χ4v) is 4.07. The van der Waals surface area contributed by atoms with Gasteiger partial charge >= 0.3 is 0 Å². The fraction of sp³-hybridized carbons (Fsp3) is 0.700. The Kier molecular flexibility index (Phi) is 6.82. The Bertz CT molecular complexity index is 528. The zero-order chi connectivity index (χ0) is 17.5. The number of likely N-dealkylation sites (tertiary alicyclic amines) is 1. The average Bonchev–Trinajstić information content (AvgIpc) is 2.93. The number of likely N-dealkylation sites (N-methyl/N-ethyl adjacent to an activating group) is 1. The molecule has 25 heavy (non-hydrogen) atoms. The molecule has 2 saturated heterocycles. The largest absolute Gasteiger partial charge is 0.336 e. The van der Waals surface area contributed by atoms with Crippen molar-refractivity contribution in [3.63, 3.8) is 0 Å². The van der Waals surface area contributed by atoms with E-state index in [1.54, 1.807) is 0 Å². The summed E-state index contributed by atoms with van der Waals surface area (Å²) in [6, 6.07) is 4.37. The van der Waals surface area contributed by atoms with E-state index in [1.165, 1.54) is 18.4 Å². The third-order valence-electron chi connectivity index (χ3n) is 5.72. The Hall–Kier alpha value is -1.46. The van der Waals surface area contributed by atoms with Crippen LogP contribution in [0.4, 0.5) is 0 Å². The van der Waals surface area contributed by atoms with Gasteiger partial charge in [-0.2, -0.15) is 0 Å². The number of carbonyl (C=O) groups is 1. The van der Waals surface area contributed by atoms with Crippen molar-refractivity contribution in [2.45, 2.75) is 45.1 Å². The van der Waals surface area contributed by atoms with Crippen molar-refractivity contribution < 1.29 is 4.79 Å². The Morgan fingerprint density at radius 3 is 2.48 bits per heavy atom. The number of amides is 1. The summed E-state index contributed by atoms with van der Waals surface area (Å²) >= 11 is 0. The van der Waals surface area contributed by atoms with Gasteiger partial charge in [0.15, 0.2) is 0 Å². The summed E-state index contributed by atoms with van der Waals surface area (Å²) in [6.45, 7) is 9.60. The quantitative estimate of drug-likeness (QED) is 0.823. The topological polar surface area (TPSA) is 39.7 Å². The van der Waals surface area contributed by atoms with Crippen molar-refractivity contribution in [1.82, 2.24) is 19.7 Å². The van der Waals surface area contributed by atoms with Gasteiger partial charge in [0.1, 0.15) is 0 Å². The van der Waals surface area contributed by atoms with E-state index >= 15 is 0 Å². The minimum absolute atomic E-state index is 0.231. The van der Waals surface area contributed by atoms with Gasteiger partial charge in [-0.05, 0) is 37.1 Å². The van der Waals surface area contributed by atoms with E-state index in [0.717, 1.165) is 58.7 Å². The first-order valence-electron chi connectivity index (χ1n) is 9.92. The van der Waals surface area contributed by atoms with Gasteiger partial charge in [-0.3, -0.25) is 9.78 Å². The molecule has 3 rings (SSSR count). The molecule has 1 atom stereocenters. The lowest BCUT2D eigenvalue weighted by atomic mass is 10.0. The van der Waals surface area contributed by atoms with Crippen molar-refractivity contribution in [3.05, 3.63) is 30.1 Å². The number of pyridine rings is 1. The van der Waals surface area contributed by atoms with Crippen LogP contribution in [0, 0.1) is 0 Å². The van der Waals surface area contributed by atoms with Crippen LogP contribution in [0.15, 0.2) is 24.5 Å². The van der Waals surface area contributed by atoms with Crippen molar-refractivity contribution in [2.24, 2.45) is 0 Å². The highest BCUT2D eigenvalue weighted by Crippen LogP contribution is 2.30. The monoisotopic (exact) mass is 344 g/mol. The molecule has 0 N–H and O–H groups in total. The zero-order valence-corrected chi connectivity index (χ0v) is 15.6. The number of hydrogen-bond donors (Lipinski definition) is 0. The lowest BCUT2D eigenvalue weighted by Gasteiger charge is -2.35. The first-order valence-corrected chi connectivity index (χ1v) is 9.92. The smallest absolute Gasteiger partial charge is 0.224 e. The second-order valence-electron chi connectivity index (χ2n) is 7.26. The normalized spacial score (nSPS) is 23.4. The molecular weight excluding hydrogens is 312 g/mol. The Balaban J connectivity index is 1.57. The number of nitrogens with zero attached hydrogens (tertiary/aromatic N) is 4. The van der Waals surface area contributed by atoms with Crippen LogP contribution in [0.3, 0.4) is 0 Å². The van der Waals surface area contributed by atoms with Gasteiger partial charge in [0.2, 0.25) is 5.91 Å². The van der Waals surface area contributed by atoms with Gasteiger partial charge in [0, 0.05) is 58.1 Å². The van der Waals surface area contributed by atoms with Crippen LogP contribution in [0.1, 0.15) is 50.6 Å². The maximum atomic E-state index is 13.0. The summed E-state index contributed by atoms with van der Waals surface area (Å²) in [5, 5.41) is 0. The van der Waals surface area contributed by atoms with Gasteiger partial charge in [-0.1, -0.05) is 19.8 Å². The molecule has 0 spiro atoms. The second kappa shape index (κ2) is 9.30. The maximum absolute atomic E-state index is 13.0. The van der Waals surface area contributed by atoms with Crippen LogP contribution in [0.5, 0.6) is 0 Å². The van der Waals surface area contributed by atoms with Crippen LogP contribution >= 0.6 is 0 Å². The predicted molar refractivity (Wildman–Crippen MR) is 100 cm³/mol. The molecule has 3 heterocycles. The molecule has 138 valence electrons. The first kappa shape index (κ1) is 18.3. The van der Waals surface area contributed by atoms with E-state index in [2.05, 4.69) is 38.7 Å². The first-order chi connectivity index (χ1) is 12.3. The summed E-state index contributed by atoms with van der Waals surface area (Å²) in [5.41, 5.74) is 1.24. The second-order valence-corrected chi connectivity index (χ2v) is 7.26. The number of piperazine rings is 1. The third kappa shape index (κ3) is 5.02. The standard InChI is InChI=1S/C20H32N4O/c1-2-22-14-16-23(17-15-22)13-9-20(25)24-12-5-3-4-6-19(24)18-7-10-21-11-8-18/h7-8,10-11,19H,2-6,9,12-17H2,1H3/t19-/m1/s1. The number of hydrogen-bond acceptors (Lipinski definition) is 4. The molecule has 2 aliphatic heterocycles. The van der Waals surface area contributed by atoms with Crippen LogP contribution in [-0.2, 0) is 4.79 Å². The average molecular weight is 345 g/mol. The minimum atomic E-state index is 0.231. The molecule has 5 heteroatoms. The van der Waals surface area contributed by atoms with Crippen molar-refractivity contribution in [2.75, 3.05) is 45.8 Å². The van der Waals surface area contributed by atoms with Crippen molar-refractivity contribution >= 4 is 5.91 Å². The van der Waals surface area contributed by atoms with Crippen LogP contribution < -0.4 is 0 Å². The molecule has 0 aromatic carbocycles. The maximum Gasteiger partial charge on any atom is 0.224 e. The predicted octanol–water partition coefficient (Wildman–Crippen LogP) is 2.55. The number of rotatable bonds is 5. The summed E-state index contributed by atoms with van der Waals surface area (Å²) in [7, 11) is 0. The lowest BCUT2D eigenvalue weighted by molar-refractivity contribution is -0.134. The van der Waals surface area contributed by atoms with Crippen LogP contribution in [0.25, 0.3) is 0 Å². The van der Waals surface area contributed by atoms with E-state index < -0.39 is 0 Å². The lowest BCUT2D eigenvalue weighted by Crippen LogP contribution is -2.47. The molecule has 0 aliphatic carbocycles. The molecule has 0 bridgehead atoms. The summed E-state index contributed by atoms with van der Waals surface area (Å²) < 4.78 is 0. The highest BCUT2D eigenvalue weighted by atomic mass is 16.2. The molecule has 0 radical (unpaired) electrons. The molecule has 2 aliphatic rings. The summed E-state index contributed by atoms with van der Waals surface area (Å²) in [6.07, 6.45) is 8.97. The highest BCUT2D eigenvalue weighted by molar-refractivity contribution is 5.77. The summed E-state index contributed by atoms with van der Waals surface area (Å²) in [5.74, 6) is 0.321. The highest BCUT2D eigenvalue weighted by Gasteiger charge is 2.27. The van der Waals surface area contributed by atoms with Gasteiger partial charge in [0.25, 0.3) is 0 Å². The molecule has 1 amide bonds. The van der Waals surface area contributed by atoms with E-state index in [9.17, 15) is 4.79 Å². The molecule has 1 aromatic rings. The molecule has 2 fully saturated rings. The number of carbonyl (C=O) groups excluding carboxylic acids is 1. The SMILES string of the molecule is CCN1CCN(CCC(=O)N2CCCCC[C@@H]2c2ccncc2)CC1. The fourth-order valence-electron chi connectivity index (χ4n) is 4.07. The molecular formula is C20H32N4O. The minimum Gasteiger partial charge on any atom is -0.336 e. The Morgan fingerprint density at radius 1 is 1.04 bits per heavy atom. The third-order valence-corrected chi connectivity index (χ3v) is 5.72. The Labute approximate surface area is 152 Å². The van der Waals surface area contributed by atoms with Crippen LogP contribution in [0.2, 0.25) is 0 Å².